The largest absolute Gasteiger partial charge is 0.481 e. The second-order valence-electron chi connectivity index (χ2n) is 5.75. The van der Waals surface area contributed by atoms with Crippen LogP contribution in [0.5, 0.6) is 0 Å². The third-order valence-corrected chi connectivity index (χ3v) is 4.30. The average Bonchev–Trinajstić information content (AvgIpc) is 2.38. The summed E-state index contributed by atoms with van der Waals surface area (Å²) >= 11 is 0. The van der Waals surface area contributed by atoms with Crippen LogP contribution in [0, 0.1) is 26.2 Å². The lowest BCUT2D eigenvalue weighted by Gasteiger charge is -2.27. The fraction of sp³-hybridized carbons (Fsp3) is 0.529. The molecule has 1 amide bonds. The summed E-state index contributed by atoms with van der Waals surface area (Å²) in [5, 5.41) is 12.2. The summed E-state index contributed by atoms with van der Waals surface area (Å²) in [5.74, 6) is -1.05. The molecule has 0 fully saturated rings. The quantitative estimate of drug-likeness (QED) is 0.845. The lowest BCUT2D eigenvalue weighted by Crippen LogP contribution is -2.42. The van der Waals surface area contributed by atoms with E-state index >= 15 is 0 Å². The molecule has 0 unspecified atom stereocenters. The third kappa shape index (κ3) is 3.63. The number of nitrogens with one attached hydrogen (secondary N) is 1. The second kappa shape index (κ2) is 6.74. The fourth-order valence-corrected chi connectivity index (χ4v) is 2.75. The predicted molar refractivity (Wildman–Crippen MR) is 83.6 cm³/mol. The molecule has 1 rings (SSSR count). The van der Waals surface area contributed by atoms with Gasteiger partial charge in [-0.05, 0) is 44.7 Å². The smallest absolute Gasteiger partial charge is 0.311 e. The molecule has 0 aliphatic heterocycles. The molecule has 0 saturated carbocycles. The number of benzene rings is 1. The van der Waals surface area contributed by atoms with Gasteiger partial charge in [-0.2, -0.15) is 0 Å². The van der Waals surface area contributed by atoms with Crippen molar-refractivity contribution in [1.82, 2.24) is 5.32 Å². The van der Waals surface area contributed by atoms with E-state index in [1.807, 2.05) is 46.8 Å². The Morgan fingerprint density at radius 1 is 1.10 bits per heavy atom. The first-order chi connectivity index (χ1) is 9.77. The molecule has 0 heterocycles. The Hall–Kier alpha value is -1.84. The van der Waals surface area contributed by atoms with Gasteiger partial charge in [0.25, 0.3) is 5.91 Å². The van der Waals surface area contributed by atoms with Gasteiger partial charge in [-0.15, -0.1) is 0 Å². The first-order valence-corrected chi connectivity index (χ1v) is 7.36. The molecule has 0 radical (unpaired) electrons. The van der Waals surface area contributed by atoms with Gasteiger partial charge in [0, 0.05) is 12.1 Å². The summed E-state index contributed by atoms with van der Waals surface area (Å²) in [6, 6.07) is 3.93. The molecule has 116 valence electrons. The third-order valence-electron chi connectivity index (χ3n) is 4.30. The van der Waals surface area contributed by atoms with Crippen molar-refractivity contribution in [1.29, 1.82) is 0 Å². The number of rotatable bonds is 6. The maximum absolute atomic E-state index is 12.4. The number of aryl methyl sites for hydroxylation is 3. The van der Waals surface area contributed by atoms with Gasteiger partial charge in [0.1, 0.15) is 0 Å². The summed E-state index contributed by atoms with van der Waals surface area (Å²) in [6.45, 7) is 9.63. The number of carbonyl (C=O) groups is 2. The van der Waals surface area contributed by atoms with Gasteiger partial charge in [0.15, 0.2) is 0 Å². The van der Waals surface area contributed by atoms with Crippen LogP contribution in [0.15, 0.2) is 12.1 Å². The molecule has 0 aromatic heterocycles. The summed E-state index contributed by atoms with van der Waals surface area (Å²) in [4.78, 5) is 23.9. The number of carbonyl (C=O) groups excluding carboxylic acids is 1. The fourth-order valence-electron chi connectivity index (χ4n) is 2.75. The van der Waals surface area contributed by atoms with Gasteiger partial charge in [0.05, 0.1) is 5.41 Å². The van der Waals surface area contributed by atoms with E-state index in [0.717, 1.165) is 16.7 Å². The van der Waals surface area contributed by atoms with Crippen molar-refractivity contribution >= 4 is 11.9 Å². The minimum absolute atomic E-state index is 0.154. The minimum atomic E-state index is -0.887. The average molecular weight is 291 g/mol. The molecule has 0 saturated heterocycles. The lowest BCUT2D eigenvalue weighted by atomic mass is 9.82. The standard InChI is InChI=1S/C17H25NO3/c1-6-17(7-2,16(20)21)10-18-15(19)14-12(4)8-11(3)9-13(14)5/h8-9H,6-7,10H2,1-5H3,(H,18,19)(H,20,21). The van der Waals surface area contributed by atoms with Crippen LogP contribution >= 0.6 is 0 Å². The number of carboxylic acids is 1. The van der Waals surface area contributed by atoms with Gasteiger partial charge in [-0.25, -0.2) is 0 Å². The van der Waals surface area contributed by atoms with E-state index in [1.54, 1.807) is 0 Å². The van der Waals surface area contributed by atoms with Crippen LogP contribution in [-0.4, -0.2) is 23.5 Å². The van der Waals surface area contributed by atoms with E-state index in [0.29, 0.717) is 18.4 Å². The Balaban J connectivity index is 2.95. The van der Waals surface area contributed by atoms with Crippen molar-refractivity contribution in [2.45, 2.75) is 47.5 Å². The predicted octanol–water partition coefficient (Wildman–Crippen LogP) is 3.23. The van der Waals surface area contributed by atoms with Crippen LogP contribution < -0.4 is 5.32 Å². The summed E-state index contributed by atoms with van der Waals surface area (Å²) < 4.78 is 0. The SMILES string of the molecule is CCC(CC)(CNC(=O)c1c(C)cc(C)cc1C)C(=O)O. The first kappa shape index (κ1) is 17.2. The van der Waals surface area contributed by atoms with Crippen LogP contribution in [-0.2, 0) is 4.79 Å². The lowest BCUT2D eigenvalue weighted by molar-refractivity contribution is -0.149. The van der Waals surface area contributed by atoms with Crippen molar-refractivity contribution in [3.05, 3.63) is 34.4 Å². The molecule has 0 atom stereocenters. The van der Waals surface area contributed by atoms with E-state index in [-0.39, 0.29) is 12.5 Å². The van der Waals surface area contributed by atoms with Crippen molar-refractivity contribution < 1.29 is 14.7 Å². The molecule has 4 nitrogen and oxygen atoms in total. The Morgan fingerprint density at radius 3 is 1.95 bits per heavy atom. The monoisotopic (exact) mass is 291 g/mol. The summed E-state index contributed by atoms with van der Waals surface area (Å²) in [6.07, 6.45) is 0.982. The maximum Gasteiger partial charge on any atom is 0.311 e. The van der Waals surface area contributed by atoms with Crippen LogP contribution in [0.25, 0.3) is 0 Å². The molecule has 1 aromatic carbocycles. The Morgan fingerprint density at radius 2 is 1.57 bits per heavy atom. The van der Waals surface area contributed by atoms with Crippen molar-refractivity contribution in [3.8, 4) is 0 Å². The minimum Gasteiger partial charge on any atom is -0.481 e. The zero-order chi connectivity index (χ0) is 16.2. The van der Waals surface area contributed by atoms with E-state index in [2.05, 4.69) is 5.32 Å². The number of aliphatic carboxylic acids is 1. The molecule has 2 N–H and O–H groups in total. The normalized spacial score (nSPS) is 11.3. The van der Waals surface area contributed by atoms with Gasteiger partial charge in [-0.1, -0.05) is 31.5 Å². The molecule has 0 spiro atoms. The molecule has 0 aliphatic carbocycles. The van der Waals surface area contributed by atoms with E-state index in [4.69, 9.17) is 0 Å². The molecule has 21 heavy (non-hydrogen) atoms. The highest BCUT2D eigenvalue weighted by Gasteiger charge is 2.35. The molecule has 0 bridgehead atoms. The molecule has 0 aliphatic rings. The number of hydrogen-bond donors (Lipinski definition) is 2. The van der Waals surface area contributed by atoms with Crippen molar-refractivity contribution in [2.75, 3.05) is 6.54 Å². The van der Waals surface area contributed by atoms with Crippen molar-refractivity contribution in [2.24, 2.45) is 5.41 Å². The number of hydrogen-bond acceptors (Lipinski definition) is 2. The molecule has 4 heteroatoms. The first-order valence-electron chi connectivity index (χ1n) is 7.36. The Kier molecular flexibility index (Phi) is 5.53. The van der Waals surface area contributed by atoms with E-state index < -0.39 is 11.4 Å². The topological polar surface area (TPSA) is 66.4 Å². The van der Waals surface area contributed by atoms with Gasteiger partial charge in [-0.3, -0.25) is 9.59 Å². The van der Waals surface area contributed by atoms with Crippen LogP contribution in [0.1, 0.15) is 53.7 Å². The van der Waals surface area contributed by atoms with Gasteiger partial charge in [0.2, 0.25) is 0 Å². The Bertz CT molecular complexity index is 522. The summed E-state index contributed by atoms with van der Waals surface area (Å²) in [7, 11) is 0. The molecular weight excluding hydrogens is 266 g/mol. The zero-order valence-corrected chi connectivity index (χ0v) is 13.5. The van der Waals surface area contributed by atoms with Crippen LogP contribution in [0.2, 0.25) is 0 Å². The molecular formula is C17H25NO3. The van der Waals surface area contributed by atoms with E-state index in [9.17, 15) is 14.7 Å². The van der Waals surface area contributed by atoms with Crippen LogP contribution in [0.4, 0.5) is 0 Å². The zero-order valence-electron chi connectivity index (χ0n) is 13.5. The summed E-state index contributed by atoms with van der Waals surface area (Å²) in [5.41, 5.74) is 2.70. The van der Waals surface area contributed by atoms with Gasteiger partial charge < -0.3 is 10.4 Å². The Labute approximate surface area is 126 Å². The highest BCUT2D eigenvalue weighted by molar-refractivity contribution is 5.97. The van der Waals surface area contributed by atoms with Gasteiger partial charge >= 0.3 is 5.97 Å². The van der Waals surface area contributed by atoms with Crippen molar-refractivity contribution in [3.63, 3.8) is 0 Å². The van der Waals surface area contributed by atoms with E-state index in [1.165, 1.54) is 0 Å². The second-order valence-corrected chi connectivity index (χ2v) is 5.75. The molecule has 1 aromatic rings. The highest BCUT2D eigenvalue weighted by atomic mass is 16.4. The number of amides is 1. The maximum atomic E-state index is 12.4. The number of carboxylic acid groups (broad SMARTS) is 1. The highest BCUT2D eigenvalue weighted by Crippen LogP contribution is 2.26. The van der Waals surface area contributed by atoms with Crippen LogP contribution in [0.3, 0.4) is 0 Å².